The van der Waals surface area contributed by atoms with E-state index in [4.69, 9.17) is 0 Å². The Hall–Kier alpha value is -0.380. The standard InChI is InChI=1S/C11H19NOS/c1-9(11(2,3)13)12-6-4-10-5-7-14-8-10/h5,7-9,12-13H,4,6H2,1-3H3. The second-order valence-corrected chi connectivity index (χ2v) is 4.99. The SMILES string of the molecule is CC(NCCc1ccsc1)C(C)(C)O. The van der Waals surface area contributed by atoms with Crippen LogP contribution in [0.25, 0.3) is 0 Å². The summed E-state index contributed by atoms with van der Waals surface area (Å²) in [5, 5.41) is 17.3. The fourth-order valence-corrected chi connectivity index (χ4v) is 1.82. The molecule has 0 saturated heterocycles. The molecule has 0 radical (unpaired) electrons. The molecule has 0 aliphatic rings. The third kappa shape index (κ3) is 3.78. The summed E-state index contributed by atoms with van der Waals surface area (Å²) >= 11 is 1.73. The van der Waals surface area contributed by atoms with Gasteiger partial charge in [0, 0.05) is 6.04 Å². The summed E-state index contributed by atoms with van der Waals surface area (Å²) < 4.78 is 0. The molecular weight excluding hydrogens is 194 g/mol. The third-order valence-electron chi connectivity index (χ3n) is 2.50. The maximum atomic E-state index is 9.68. The zero-order valence-electron chi connectivity index (χ0n) is 9.08. The van der Waals surface area contributed by atoms with Crippen molar-refractivity contribution in [3.63, 3.8) is 0 Å². The molecule has 2 N–H and O–H groups in total. The Morgan fingerprint density at radius 1 is 1.57 bits per heavy atom. The van der Waals surface area contributed by atoms with Crippen LogP contribution >= 0.6 is 11.3 Å². The van der Waals surface area contributed by atoms with E-state index >= 15 is 0 Å². The Morgan fingerprint density at radius 3 is 2.79 bits per heavy atom. The highest BCUT2D eigenvalue weighted by Gasteiger charge is 2.20. The fourth-order valence-electron chi connectivity index (χ4n) is 1.12. The summed E-state index contributed by atoms with van der Waals surface area (Å²) in [5.74, 6) is 0. The molecule has 0 saturated carbocycles. The van der Waals surface area contributed by atoms with Crippen LogP contribution in [0.3, 0.4) is 0 Å². The molecule has 1 aromatic rings. The minimum absolute atomic E-state index is 0.126. The number of hydrogen-bond acceptors (Lipinski definition) is 3. The molecule has 0 amide bonds. The van der Waals surface area contributed by atoms with E-state index in [0.29, 0.717) is 0 Å². The molecule has 1 rings (SSSR count). The number of hydrogen-bond donors (Lipinski definition) is 2. The largest absolute Gasteiger partial charge is 0.389 e. The predicted octanol–water partition coefficient (Wildman–Crippen LogP) is 2.04. The van der Waals surface area contributed by atoms with Crippen LogP contribution in [0.1, 0.15) is 26.3 Å². The van der Waals surface area contributed by atoms with Crippen molar-refractivity contribution in [2.24, 2.45) is 0 Å². The van der Waals surface area contributed by atoms with Crippen LogP contribution in [-0.2, 0) is 6.42 Å². The van der Waals surface area contributed by atoms with E-state index in [1.165, 1.54) is 5.56 Å². The van der Waals surface area contributed by atoms with Crippen molar-refractivity contribution in [1.29, 1.82) is 0 Å². The Balaban J connectivity index is 2.22. The molecular formula is C11H19NOS. The summed E-state index contributed by atoms with van der Waals surface area (Å²) in [6.07, 6.45) is 1.03. The van der Waals surface area contributed by atoms with E-state index in [2.05, 4.69) is 22.1 Å². The summed E-state index contributed by atoms with van der Waals surface area (Å²) in [7, 11) is 0. The number of aliphatic hydroxyl groups is 1. The van der Waals surface area contributed by atoms with Gasteiger partial charge in [0.15, 0.2) is 0 Å². The van der Waals surface area contributed by atoms with E-state index in [1.54, 1.807) is 11.3 Å². The van der Waals surface area contributed by atoms with Gasteiger partial charge < -0.3 is 10.4 Å². The van der Waals surface area contributed by atoms with E-state index < -0.39 is 5.60 Å². The first-order chi connectivity index (χ1) is 6.50. The van der Waals surface area contributed by atoms with Crippen LogP contribution < -0.4 is 5.32 Å². The van der Waals surface area contributed by atoms with Crippen LogP contribution in [-0.4, -0.2) is 23.3 Å². The van der Waals surface area contributed by atoms with Crippen LogP contribution in [0.5, 0.6) is 0 Å². The molecule has 1 aromatic heterocycles. The molecule has 0 aromatic carbocycles. The van der Waals surface area contributed by atoms with Crippen molar-refractivity contribution >= 4 is 11.3 Å². The Kier molecular flexibility index (Phi) is 4.11. The molecule has 80 valence electrons. The zero-order valence-corrected chi connectivity index (χ0v) is 9.90. The number of rotatable bonds is 5. The van der Waals surface area contributed by atoms with Gasteiger partial charge in [-0.1, -0.05) is 0 Å². The maximum Gasteiger partial charge on any atom is 0.0741 e. The van der Waals surface area contributed by atoms with E-state index in [-0.39, 0.29) is 6.04 Å². The van der Waals surface area contributed by atoms with E-state index in [1.807, 2.05) is 20.8 Å². The molecule has 0 aliphatic heterocycles. The smallest absolute Gasteiger partial charge is 0.0741 e. The fraction of sp³-hybridized carbons (Fsp3) is 0.636. The number of nitrogens with one attached hydrogen (secondary N) is 1. The van der Waals surface area contributed by atoms with Crippen LogP contribution in [0, 0.1) is 0 Å². The van der Waals surface area contributed by atoms with Crippen LogP contribution in [0.4, 0.5) is 0 Å². The molecule has 0 fully saturated rings. The number of thiophene rings is 1. The molecule has 1 heterocycles. The molecule has 14 heavy (non-hydrogen) atoms. The average Bonchev–Trinajstić information content (AvgIpc) is 2.55. The predicted molar refractivity (Wildman–Crippen MR) is 61.8 cm³/mol. The van der Waals surface area contributed by atoms with E-state index in [0.717, 1.165) is 13.0 Å². The van der Waals surface area contributed by atoms with Gasteiger partial charge in [0.25, 0.3) is 0 Å². The van der Waals surface area contributed by atoms with Crippen molar-refractivity contribution in [3.8, 4) is 0 Å². The van der Waals surface area contributed by atoms with Crippen molar-refractivity contribution in [2.45, 2.75) is 38.8 Å². The average molecular weight is 213 g/mol. The minimum atomic E-state index is -0.644. The monoisotopic (exact) mass is 213 g/mol. The highest BCUT2D eigenvalue weighted by Crippen LogP contribution is 2.09. The normalized spacial score (nSPS) is 14.3. The molecule has 3 heteroatoms. The summed E-state index contributed by atoms with van der Waals surface area (Å²) in [6.45, 7) is 6.58. The first kappa shape index (κ1) is 11.7. The molecule has 1 atom stereocenters. The van der Waals surface area contributed by atoms with Gasteiger partial charge in [0.1, 0.15) is 0 Å². The maximum absolute atomic E-state index is 9.68. The molecule has 1 unspecified atom stereocenters. The minimum Gasteiger partial charge on any atom is -0.389 e. The van der Waals surface area contributed by atoms with Gasteiger partial charge in [-0.05, 0) is 56.1 Å². The van der Waals surface area contributed by atoms with Crippen LogP contribution in [0.15, 0.2) is 16.8 Å². The Morgan fingerprint density at radius 2 is 2.29 bits per heavy atom. The highest BCUT2D eigenvalue weighted by atomic mass is 32.1. The van der Waals surface area contributed by atoms with Crippen molar-refractivity contribution in [1.82, 2.24) is 5.32 Å². The lowest BCUT2D eigenvalue weighted by atomic mass is 10.0. The topological polar surface area (TPSA) is 32.3 Å². The summed E-state index contributed by atoms with van der Waals surface area (Å²) in [5.41, 5.74) is 0.722. The first-order valence-corrected chi connectivity index (χ1v) is 5.91. The quantitative estimate of drug-likeness (QED) is 0.784. The van der Waals surface area contributed by atoms with Gasteiger partial charge in [-0.25, -0.2) is 0 Å². The van der Waals surface area contributed by atoms with Crippen molar-refractivity contribution in [3.05, 3.63) is 22.4 Å². The molecule has 2 nitrogen and oxygen atoms in total. The Labute approximate surface area is 90.0 Å². The second-order valence-electron chi connectivity index (χ2n) is 4.21. The van der Waals surface area contributed by atoms with Gasteiger partial charge in [-0.3, -0.25) is 0 Å². The third-order valence-corrected chi connectivity index (χ3v) is 3.24. The lowest BCUT2D eigenvalue weighted by molar-refractivity contribution is 0.0446. The zero-order chi connectivity index (χ0) is 10.6. The molecule has 0 aliphatic carbocycles. The van der Waals surface area contributed by atoms with Gasteiger partial charge in [-0.2, -0.15) is 11.3 Å². The second kappa shape index (κ2) is 4.91. The lowest BCUT2D eigenvalue weighted by Crippen LogP contribution is -2.45. The highest BCUT2D eigenvalue weighted by molar-refractivity contribution is 7.07. The molecule has 0 bridgehead atoms. The Bertz CT molecular complexity index is 251. The van der Waals surface area contributed by atoms with Gasteiger partial charge in [-0.15, -0.1) is 0 Å². The van der Waals surface area contributed by atoms with Gasteiger partial charge in [0.05, 0.1) is 5.60 Å². The van der Waals surface area contributed by atoms with Crippen LogP contribution in [0.2, 0.25) is 0 Å². The first-order valence-electron chi connectivity index (χ1n) is 4.97. The van der Waals surface area contributed by atoms with Crippen molar-refractivity contribution < 1.29 is 5.11 Å². The summed E-state index contributed by atoms with van der Waals surface area (Å²) in [6, 6.07) is 2.27. The summed E-state index contributed by atoms with van der Waals surface area (Å²) in [4.78, 5) is 0. The van der Waals surface area contributed by atoms with Crippen molar-refractivity contribution in [2.75, 3.05) is 6.54 Å². The van der Waals surface area contributed by atoms with E-state index in [9.17, 15) is 5.11 Å². The molecule has 0 spiro atoms. The van der Waals surface area contributed by atoms with Gasteiger partial charge >= 0.3 is 0 Å². The van der Waals surface area contributed by atoms with Gasteiger partial charge in [0.2, 0.25) is 0 Å². The lowest BCUT2D eigenvalue weighted by Gasteiger charge is -2.26.